The molecule has 0 aliphatic carbocycles. The van der Waals surface area contributed by atoms with Crippen molar-refractivity contribution in [2.24, 2.45) is 5.73 Å². The minimum absolute atomic E-state index is 0.0950. The Hall–Kier alpha value is -1.39. The number of hydrogen-bond acceptors (Lipinski definition) is 3. The van der Waals surface area contributed by atoms with Crippen LogP contribution in [0.5, 0.6) is 0 Å². The number of nitrogens with zero attached hydrogens (tertiary/aromatic N) is 1. The van der Waals surface area contributed by atoms with Crippen molar-refractivity contribution in [2.75, 3.05) is 25.0 Å². The van der Waals surface area contributed by atoms with Gasteiger partial charge in [0.2, 0.25) is 5.91 Å². The molecular weight excluding hydrogens is 262 g/mol. The molecule has 0 bridgehead atoms. The number of carbonyl (C=O) groups is 1. The number of hydrogen-bond donors (Lipinski definition) is 2. The van der Waals surface area contributed by atoms with E-state index in [1.807, 2.05) is 24.3 Å². The third kappa shape index (κ3) is 5.86. The first-order valence-electron chi connectivity index (χ1n) is 8.09. The van der Waals surface area contributed by atoms with Crippen LogP contribution >= 0.6 is 0 Å². The number of likely N-dealkylation sites (tertiary alicyclic amines) is 1. The Balaban J connectivity index is 1.72. The number of nitrogens with one attached hydrogen (secondary N) is 1. The maximum Gasteiger partial charge on any atom is 0.225 e. The molecule has 0 radical (unpaired) electrons. The Kier molecular flexibility index (Phi) is 6.70. The Morgan fingerprint density at radius 2 is 1.67 bits per heavy atom. The summed E-state index contributed by atoms with van der Waals surface area (Å²) in [6, 6.07) is 7.73. The molecule has 1 heterocycles. The van der Waals surface area contributed by atoms with Crippen molar-refractivity contribution in [3.05, 3.63) is 29.8 Å². The van der Waals surface area contributed by atoms with Gasteiger partial charge in [0.1, 0.15) is 0 Å². The third-order valence-corrected chi connectivity index (χ3v) is 4.08. The summed E-state index contributed by atoms with van der Waals surface area (Å²) >= 11 is 0. The van der Waals surface area contributed by atoms with Gasteiger partial charge in [0.15, 0.2) is 0 Å². The van der Waals surface area contributed by atoms with E-state index >= 15 is 0 Å². The van der Waals surface area contributed by atoms with E-state index in [4.69, 9.17) is 5.73 Å². The molecule has 1 saturated heterocycles. The van der Waals surface area contributed by atoms with Crippen molar-refractivity contribution < 1.29 is 4.79 Å². The molecule has 4 heteroatoms. The molecular formula is C17H27N3O. The number of rotatable bonds is 5. The quantitative estimate of drug-likeness (QED) is 0.876. The van der Waals surface area contributed by atoms with Crippen LogP contribution < -0.4 is 11.1 Å². The number of nitrogens with two attached hydrogens (primary N) is 1. The van der Waals surface area contributed by atoms with Crippen molar-refractivity contribution in [3.8, 4) is 0 Å². The molecule has 4 nitrogen and oxygen atoms in total. The zero-order chi connectivity index (χ0) is 14.9. The summed E-state index contributed by atoms with van der Waals surface area (Å²) in [5.41, 5.74) is 7.49. The van der Waals surface area contributed by atoms with Gasteiger partial charge < -0.3 is 16.0 Å². The van der Waals surface area contributed by atoms with E-state index in [1.165, 1.54) is 32.1 Å². The fourth-order valence-corrected chi connectivity index (χ4v) is 2.74. The van der Waals surface area contributed by atoms with E-state index in [0.29, 0.717) is 13.0 Å². The van der Waals surface area contributed by atoms with Gasteiger partial charge in [0.25, 0.3) is 0 Å². The van der Waals surface area contributed by atoms with Crippen LogP contribution in [0.1, 0.15) is 44.1 Å². The first-order valence-corrected chi connectivity index (χ1v) is 8.09. The first-order chi connectivity index (χ1) is 10.3. The lowest BCUT2D eigenvalue weighted by atomic mass is 10.1. The molecule has 1 aromatic carbocycles. The number of amides is 1. The van der Waals surface area contributed by atoms with Crippen LogP contribution in [-0.4, -0.2) is 30.4 Å². The topological polar surface area (TPSA) is 58.4 Å². The monoisotopic (exact) mass is 289 g/mol. The van der Waals surface area contributed by atoms with E-state index in [2.05, 4.69) is 10.2 Å². The van der Waals surface area contributed by atoms with Crippen LogP contribution in [-0.2, 0) is 11.3 Å². The van der Waals surface area contributed by atoms with E-state index in [-0.39, 0.29) is 5.91 Å². The smallest absolute Gasteiger partial charge is 0.225 e. The summed E-state index contributed by atoms with van der Waals surface area (Å²) in [5, 5.41) is 2.95. The average Bonchev–Trinajstić information content (AvgIpc) is 2.47. The highest BCUT2D eigenvalue weighted by Crippen LogP contribution is 2.12. The molecule has 0 spiro atoms. The predicted molar refractivity (Wildman–Crippen MR) is 87.1 cm³/mol. The summed E-state index contributed by atoms with van der Waals surface area (Å²) in [4.78, 5) is 14.4. The minimum Gasteiger partial charge on any atom is -0.326 e. The van der Waals surface area contributed by atoms with Gasteiger partial charge in [0, 0.05) is 25.2 Å². The molecule has 3 N–H and O–H groups in total. The number of anilines is 1. The molecule has 1 fully saturated rings. The van der Waals surface area contributed by atoms with Gasteiger partial charge in [-0.1, -0.05) is 31.4 Å². The Morgan fingerprint density at radius 1 is 1.05 bits per heavy atom. The van der Waals surface area contributed by atoms with Gasteiger partial charge in [0.05, 0.1) is 0 Å². The average molecular weight is 289 g/mol. The molecule has 0 atom stereocenters. The molecule has 116 valence electrons. The number of carbonyl (C=O) groups excluding carboxylic acids is 1. The highest BCUT2D eigenvalue weighted by atomic mass is 16.1. The van der Waals surface area contributed by atoms with Crippen molar-refractivity contribution in [1.29, 1.82) is 0 Å². The third-order valence-electron chi connectivity index (χ3n) is 4.08. The lowest BCUT2D eigenvalue weighted by Crippen LogP contribution is -2.30. The molecule has 2 rings (SSSR count). The van der Waals surface area contributed by atoms with Crippen molar-refractivity contribution in [2.45, 2.75) is 45.1 Å². The summed E-state index contributed by atoms with van der Waals surface area (Å²) in [6.45, 7) is 3.67. The van der Waals surface area contributed by atoms with Crippen molar-refractivity contribution >= 4 is 11.6 Å². The molecule has 1 aromatic rings. The molecule has 1 aliphatic heterocycles. The Bertz CT molecular complexity index is 422. The summed E-state index contributed by atoms with van der Waals surface area (Å²) in [7, 11) is 0. The van der Waals surface area contributed by atoms with Gasteiger partial charge in [-0.2, -0.15) is 0 Å². The summed E-state index contributed by atoms with van der Waals surface area (Å²) in [5.74, 6) is 0.0950. The van der Waals surface area contributed by atoms with E-state index in [1.54, 1.807) is 0 Å². The highest BCUT2D eigenvalue weighted by molar-refractivity contribution is 5.90. The largest absolute Gasteiger partial charge is 0.326 e. The van der Waals surface area contributed by atoms with Crippen LogP contribution in [0.4, 0.5) is 5.69 Å². The maximum atomic E-state index is 12.0. The molecule has 1 amide bonds. The predicted octanol–water partition coefficient (Wildman–Crippen LogP) is 2.74. The summed E-state index contributed by atoms with van der Waals surface area (Å²) in [6.07, 6.45) is 7.13. The summed E-state index contributed by atoms with van der Waals surface area (Å²) < 4.78 is 0. The molecule has 0 saturated carbocycles. The zero-order valence-corrected chi connectivity index (χ0v) is 12.8. The second kappa shape index (κ2) is 8.80. The molecule has 0 aromatic heterocycles. The Labute approximate surface area is 127 Å². The number of benzene rings is 1. The zero-order valence-electron chi connectivity index (χ0n) is 12.8. The second-order valence-electron chi connectivity index (χ2n) is 5.81. The highest BCUT2D eigenvalue weighted by Gasteiger charge is 2.10. The van der Waals surface area contributed by atoms with Crippen LogP contribution in [0.15, 0.2) is 24.3 Å². The van der Waals surface area contributed by atoms with Gasteiger partial charge >= 0.3 is 0 Å². The van der Waals surface area contributed by atoms with Gasteiger partial charge in [-0.15, -0.1) is 0 Å². The van der Waals surface area contributed by atoms with Gasteiger partial charge in [-0.25, -0.2) is 0 Å². The fourth-order valence-electron chi connectivity index (χ4n) is 2.74. The fraction of sp³-hybridized carbons (Fsp3) is 0.588. The molecule has 21 heavy (non-hydrogen) atoms. The normalized spacial score (nSPS) is 17.0. The lowest BCUT2D eigenvalue weighted by Gasteiger charge is -2.24. The SMILES string of the molecule is NCc1ccc(NC(=O)CCN2CCCCCCC2)cc1. The van der Waals surface area contributed by atoms with Crippen molar-refractivity contribution in [3.63, 3.8) is 0 Å². The van der Waals surface area contributed by atoms with E-state index in [9.17, 15) is 4.79 Å². The lowest BCUT2D eigenvalue weighted by molar-refractivity contribution is -0.116. The van der Waals surface area contributed by atoms with Crippen LogP contribution in [0.25, 0.3) is 0 Å². The van der Waals surface area contributed by atoms with E-state index in [0.717, 1.165) is 30.9 Å². The molecule has 1 aliphatic rings. The second-order valence-corrected chi connectivity index (χ2v) is 5.81. The first kappa shape index (κ1) is 16.0. The standard InChI is InChI=1S/C17H27N3O/c18-14-15-6-8-16(9-7-15)19-17(21)10-13-20-11-4-2-1-3-5-12-20/h6-9H,1-5,10-14,18H2,(H,19,21). The molecule has 0 unspecified atom stereocenters. The minimum atomic E-state index is 0.0950. The Morgan fingerprint density at radius 3 is 2.29 bits per heavy atom. The van der Waals surface area contributed by atoms with Gasteiger partial charge in [-0.05, 0) is 43.6 Å². The maximum absolute atomic E-state index is 12.0. The van der Waals surface area contributed by atoms with Crippen molar-refractivity contribution in [1.82, 2.24) is 4.90 Å². The van der Waals surface area contributed by atoms with E-state index < -0.39 is 0 Å². The van der Waals surface area contributed by atoms with Crippen LogP contribution in [0.2, 0.25) is 0 Å². The van der Waals surface area contributed by atoms with Crippen LogP contribution in [0.3, 0.4) is 0 Å². The van der Waals surface area contributed by atoms with Crippen LogP contribution in [0, 0.1) is 0 Å². The van der Waals surface area contributed by atoms with Gasteiger partial charge in [-0.3, -0.25) is 4.79 Å².